The number of aromatic nitrogens is 1. The maximum Gasteiger partial charge on any atom is 0.252 e. The highest BCUT2D eigenvalue weighted by molar-refractivity contribution is 9.10. The van der Waals surface area contributed by atoms with E-state index in [1.807, 2.05) is 25.1 Å². The van der Waals surface area contributed by atoms with Gasteiger partial charge in [-0.2, -0.15) is 0 Å². The summed E-state index contributed by atoms with van der Waals surface area (Å²) in [4.78, 5) is 17.8. The third kappa shape index (κ3) is 3.07. The average molecular weight is 388 g/mol. The van der Waals surface area contributed by atoms with Crippen molar-refractivity contribution in [2.24, 2.45) is 11.7 Å². The van der Waals surface area contributed by atoms with Crippen LogP contribution in [0.3, 0.4) is 0 Å². The summed E-state index contributed by atoms with van der Waals surface area (Å²) in [5.74, 6) is 1.06. The number of carbonyl (C=O) groups is 1. The lowest BCUT2D eigenvalue weighted by Crippen LogP contribution is -2.39. The highest BCUT2D eigenvalue weighted by Gasteiger charge is 2.31. The van der Waals surface area contributed by atoms with Crippen molar-refractivity contribution in [2.75, 3.05) is 6.54 Å². The third-order valence-electron chi connectivity index (χ3n) is 5.14. The SMILES string of the molecule is Cc1c(C2CC2)nc2ccc(Br)cc2c1C(=O)NCC(N)C1CC1. The van der Waals surface area contributed by atoms with Gasteiger partial charge in [0.05, 0.1) is 11.1 Å². The lowest BCUT2D eigenvalue weighted by molar-refractivity contribution is 0.0951. The van der Waals surface area contributed by atoms with Gasteiger partial charge in [-0.05, 0) is 62.3 Å². The molecule has 0 radical (unpaired) electrons. The second-order valence-corrected chi connectivity index (χ2v) is 8.06. The summed E-state index contributed by atoms with van der Waals surface area (Å²) >= 11 is 3.51. The first kappa shape index (κ1) is 16.0. The smallest absolute Gasteiger partial charge is 0.252 e. The summed E-state index contributed by atoms with van der Waals surface area (Å²) in [6.45, 7) is 2.57. The first-order chi connectivity index (χ1) is 11.5. The van der Waals surface area contributed by atoms with Crippen LogP contribution in [0, 0.1) is 12.8 Å². The molecule has 2 aromatic rings. The summed E-state index contributed by atoms with van der Waals surface area (Å²) < 4.78 is 0.958. The van der Waals surface area contributed by atoms with Crippen LogP contribution < -0.4 is 11.1 Å². The van der Waals surface area contributed by atoms with Crippen molar-refractivity contribution in [1.29, 1.82) is 0 Å². The van der Waals surface area contributed by atoms with Crippen LogP contribution in [-0.4, -0.2) is 23.5 Å². The number of rotatable bonds is 5. The predicted octanol–water partition coefficient (Wildman–Crippen LogP) is 3.65. The van der Waals surface area contributed by atoms with Crippen LogP contribution in [0.1, 0.15) is 53.2 Å². The zero-order valence-corrected chi connectivity index (χ0v) is 15.4. The Morgan fingerprint density at radius 3 is 2.79 bits per heavy atom. The maximum atomic E-state index is 12.9. The van der Waals surface area contributed by atoms with Crippen LogP contribution in [-0.2, 0) is 0 Å². The molecular formula is C19H22BrN3O. The molecule has 0 spiro atoms. The first-order valence-electron chi connectivity index (χ1n) is 8.68. The molecule has 4 rings (SSSR count). The molecule has 5 heteroatoms. The van der Waals surface area contributed by atoms with Gasteiger partial charge >= 0.3 is 0 Å². The number of nitrogens with two attached hydrogens (primary N) is 1. The van der Waals surface area contributed by atoms with E-state index in [1.54, 1.807) is 0 Å². The molecule has 1 atom stereocenters. The van der Waals surface area contributed by atoms with Crippen molar-refractivity contribution in [2.45, 2.75) is 44.6 Å². The Morgan fingerprint density at radius 1 is 1.38 bits per heavy atom. The van der Waals surface area contributed by atoms with Crippen molar-refractivity contribution in [3.8, 4) is 0 Å². The lowest BCUT2D eigenvalue weighted by atomic mass is 9.98. The number of hydrogen-bond acceptors (Lipinski definition) is 3. The van der Waals surface area contributed by atoms with Gasteiger partial charge < -0.3 is 11.1 Å². The molecule has 2 saturated carbocycles. The van der Waals surface area contributed by atoms with E-state index in [2.05, 4.69) is 21.2 Å². The second-order valence-electron chi connectivity index (χ2n) is 7.14. The first-order valence-corrected chi connectivity index (χ1v) is 9.47. The van der Waals surface area contributed by atoms with Crippen LogP contribution in [0.5, 0.6) is 0 Å². The Bertz CT molecular complexity index is 812. The predicted molar refractivity (Wildman–Crippen MR) is 99.2 cm³/mol. The van der Waals surface area contributed by atoms with E-state index < -0.39 is 0 Å². The van der Waals surface area contributed by atoms with Gasteiger partial charge in [-0.3, -0.25) is 9.78 Å². The molecule has 0 saturated heterocycles. The second kappa shape index (κ2) is 6.12. The Morgan fingerprint density at radius 2 is 2.12 bits per heavy atom. The van der Waals surface area contributed by atoms with Crippen LogP contribution in [0.2, 0.25) is 0 Å². The number of carbonyl (C=O) groups excluding carboxylic acids is 1. The molecule has 3 N–H and O–H groups in total. The molecular weight excluding hydrogens is 366 g/mol. The average Bonchev–Trinajstić information content (AvgIpc) is 3.44. The summed E-state index contributed by atoms with van der Waals surface area (Å²) in [6, 6.07) is 6.02. The molecule has 24 heavy (non-hydrogen) atoms. The molecule has 1 heterocycles. The topological polar surface area (TPSA) is 68.0 Å². The number of pyridine rings is 1. The van der Waals surface area contributed by atoms with Crippen LogP contribution >= 0.6 is 15.9 Å². The molecule has 0 bridgehead atoms. The number of halogens is 1. The zero-order chi connectivity index (χ0) is 16.8. The third-order valence-corrected chi connectivity index (χ3v) is 5.64. The highest BCUT2D eigenvalue weighted by atomic mass is 79.9. The molecule has 2 aliphatic rings. The Labute approximate surface area is 150 Å². The Balaban J connectivity index is 1.72. The number of benzene rings is 1. The van der Waals surface area contributed by atoms with Crippen molar-refractivity contribution < 1.29 is 4.79 Å². The standard InChI is InChI=1S/C19H22BrN3O/c1-10-17(19(24)22-9-15(21)11-2-3-11)14-8-13(20)6-7-16(14)23-18(10)12-4-5-12/h6-8,11-12,15H,2-5,9,21H2,1H3,(H,22,24). The van der Waals surface area contributed by atoms with Crippen molar-refractivity contribution >= 4 is 32.7 Å². The van der Waals surface area contributed by atoms with Crippen LogP contribution in [0.25, 0.3) is 10.9 Å². The van der Waals surface area contributed by atoms with Gasteiger partial charge in [0.1, 0.15) is 0 Å². The minimum absolute atomic E-state index is 0.0315. The fourth-order valence-corrected chi connectivity index (χ4v) is 3.75. The van der Waals surface area contributed by atoms with E-state index in [1.165, 1.54) is 25.7 Å². The van der Waals surface area contributed by atoms with Gasteiger partial charge in [0.15, 0.2) is 0 Å². The van der Waals surface area contributed by atoms with E-state index in [-0.39, 0.29) is 11.9 Å². The summed E-state index contributed by atoms with van der Waals surface area (Å²) in [5, 5.41) is 3.96. The fraction of sp³-hybridized carbons (Fsp3) is 0.474. The van der Waals surface area contributed by atoms with Gasteiger partial charge in [-0.15, -0.1) is 0 Å². The quantitative estimate of drug-likeness (QED) is 0.822. The Hall–Kier alpha value is -1.46. The number of hydrogen-bond donors (Lipinski definition) is 2. The van der Waals surface area contributed by atoms with E-state index >= 15 is 0 Å². The Kier molecular flexibility index (Phi) is 4.09. The van der Waals surface area contributed by atoms with Gasteiger partial charge in [-0.25, -0.2) is 0 Å². The largest absolute Gasteiger partial charge is 0.350 e. The minimum atomic E-state index is -0.0315. The zero-order valence-electron chi connectivity index (χ0n) is 13.8. The number of fused-ring (bicyclic) bond motifs is 1. The summed E-state index contributed by atoms with van der Waals surface area (Å²) in [7, 11) is 0. The van der Waals surface area contributed by atoms with Gasteiger partial charge in [0, 0.05) is 34.1 Å². The fourth-order valence-electron chi connectivity index (χ4n) is 3.39. The number of nitrogens with zero attached hydrogens (tertiary/aromatic N) is 1. The molecule has 126 valence electrons. The molecule has 1 aromatic carbocycles. The van der Waals surface area contributed by atoms with Gasteiger partial charge in [-0.1, -0.05) is 15.9 Å². The van der Waals surface area contributed by atoms with E-state index in [9.17, 15) is 4.79 Å². The highest BCUT2D eigenvalue weighted by Crippen LogP contribution is 2.42. The molecule has 4 nitrogen and oxygen atoms in total. The number of nitrogens with one attached hydrogen (secondary N) is 1. The molecule has 1 aromatic heterocycles. The monoisotopic (exact) mass is 387 g/mol. The summed E-state index contributed by atoms with van der Waals surface area (Å²) in [5.41, 5.74) is 9.88. The van der Waals surface area contributed by atoms with Crippen molar-refractivity contribution in [1.82, 2.24) is 10.3 Å². The van der Waals surface area contributed by atoms with Gasteiger partial charge in [0.2, 0.25) is 0 Å². The molecule has 2 fully saturated rings. The van der Waals surface area contributed by atoms with E-state index in [4.69, 9.17) is 10.7 Å². The van der Waals surface area contributed by atoms with Crippen LogP contribution in [0.4, 0.5) is 0 Å². The summed E-state index contributed by atoms with van der Waals surface area (Å²) in [6.07, 6.45) is 4.72. The van der Waals surface area contributed by atoms with E-state index in [0.29, 0.717) is 18.4 Å². The maximum absolute atomic E-state index is 12.9. The molecule has 2 aliphatic carbocycles. The molecule has 0 aliphatic heterocycles. The van der Waals surface area contributed by atoms with Crippen molar-refractivity contribution in [3.63, 3.8) is 0 Å². The van der Waals surface area contributed by atoms with E-state index in [0.717, 1.165) is 32.2 Å². The molecule has 1 amide bonds. The minimum Gasteiger partial charge on any atom is -0.350 e. The van der Waals surface area contributed by atoms with Gasteiger partial charge in [0.25, 0.3) is 5.91 Å². The van der Waals surface area contributed by atoms with Crippen LogP contribution in [0.15, 0.2) is 22.7 Å². The number of amides is 1. The molecule has 1 unspecified atom stereocenters. The lowest BCUT2D eigenvalue weighted by Gasteiger charge is -2.16. The normalized spacial score (nSPS) is 18.6. The van der Waals surface area contributed by atoms with Crippen molar-refractivity contribution in [3.05, 3.63) is 39.5 Å².